The second-order valence-electron chi connectivity index (χ2n) is 7.42. The van der Waals surface area contributed by atoms with Gasteiger partial charge in [-0.05, 0) is 43.5 Å². The molecular weight excluding hydrogens is 382 g/mol. The van der Waals surface area contributed by atoms with Crippen molar-refractivity contribution in [2.75, 3.05) is 10.2 Å². The molecule has 0 bridgehead atoms. The average molecular weight is 406 g/mol. The van der Waals surface area contributed by atoms with E-state index >= 15 is 0 Å². The molecule has 6 heteroatoms. The van der Waals surface area contributed by atoms with Gasteiger partial charge in [0.2, 0.25) is 11.8 Å². The summed E-state index contributed by atoms with van der Waals surface area (Å²) in [4.78, 5) is 31.9. The molecular formula is C23H23N3O2S. The van der Waals surface area contributed by atoms with E-state index in [1.165, 1.54) is 11.3 Å². The summed E-state index contributed by atoms with van der Waals surface area (Å²) >= 11 is 1.48. The van der Waals surface area contributed by atoms with E-state index in [4.69, 9.17) is 0 Å². The molecule has 2 amide bonds. The monoisotopic (exact) mass is 405 g/mol. The lowest BCUT2D eigenvalue weighted by atomic mass is 10.0. The molecule has 148 valence electrons. The third-order valence-corrected chi connectivity index (χ3v) is 6.04. The van der Waals surface area contributed by atoms with E-state index in [0.717, 1.165) is 39.4 Å². The second-order valence-corrected chi connectivity index (χ2v) is 8.62. The van der Waals surface area contributed by atoms with Gasteiger partial charge in [-0.15, -0.1) is 11.3 Å². The van der Waals surface area contributed by atoms with Gasteiger partial charge in [0.15, 0.2) is 5.13 Å². The molecule has 0 spiro atoms. The van der Waals surface area contributed by atoms with Gasteiger partial charge >= 0.3 is 0 Å². The van der Waals surface area contributed by atoms with Crippen LogP contribution in [0, 0.1) is 6.92 Å². The highest BCUT2D eigenvalue weighted by Gasteiger charge is 2.29. The predicted molar refractivity (Wildman–Crippen MR) is 117 cm³/mol. The summed E-state index contributed by atoms with van der Waals surface area (Å²) in [6.45, 7) is 5.68. The predicted octanol–water partition coefficient (Wildman–Crippen LogP) is 4.60. The Kier molecular flexibility index (Phi) is 5.20. The fourth-order valence-corrected chi connectivity index (χ4v) is 4.77. The molecule has 1 atom stereocenters. The lowest BCUT2D eigenvalue weighted by Gasteiger charge is -2.20. The molecule has 4 rings (SSSR count). The van der Waals surface area contributed by atoms with Crippen molar-refractivity contribution >= 4 is 34.0 Å². The zero-order valence-electron chi connectivity index (χ0n) is 16.7. The first-order valence-electron chi connectivity index (χ1n) is 9.66. The third kappa shape index (κ3) is 3.93. The van der Waals surface area contributed by atoms with Crippen molar-refractivity contribution < 1.29 is 9.59 Å². The zero-order chi connectivity index (χ0) is 20.5. The van der Waals surface area contributed by atoms with Crippen molar-refractivity contribution in [1.82, 2.24) is 4.98 Å². The van der Waals surface area contributed by atoms with Crippen LogP contribution in [-0.4, -0.2) is 22.8 Å². The maximum atomic E-state index is 12.3. The van der Waals surface area contributed by atoms with E-state index in [-0.39, 0.29) is 17.9 Å². The highest BCUT2D eigenvalue weighted by atomic mass is 32.1. The van der Waals surface area contributed by atoms with Crippen LogP contribution in [0.1, 0.15) is 29.9 Å². The molecule has 1 aliphatic rings. The molecule has 2 heterocycles. The van der Waals surface area contributed by atoms with Crippen LogP contribution in [0.2, 0.25) is 0 Å². The summed E-state index contributed by atoms with van der Waals surface area (Å²) in [6, 6.07) is 16.0. The van der Waals surface area contributed by atoms with Crippen LogP contribution in [0.4, 0.5) is 10.8 Å². The van der Waals surface area contributed by atoms with Crippen molar-refractivity contribution in [2.24, 2.45) is 0 Å². The summed E-state index contributed by atoms with van der Waals surface area (Å²) in [5.74, 6) is -0.00590. The molecule has 0 aliphatic carbocycles. The molecule has 0 fully saturated rings. The highest BCUT2D eigenvalue weighted by molar-refractivity contribution is 7.16. The van der Waals surface area contributed by atoms with Crippen LogP contribution >= 0.6 is 11.3 Å². The van der Waals surface area contributed by atoms with Crippen LogP contribution in [0.25, 0.3) is 11.3 Å². The molecule has 29 heavy (non-hydrogen) atoms. The van der Waals surface area contributed by atoms with E-state index < -0.39 is 0 Å². The molecule has 1 N–H and O–H groups in total. The lowest BCUT2D eigenvalue weighted by Crippen LogP contribution is -2.33. The molecule has 1 aliphatic heterocycles. The first-order chi connectivity index (χ1) is 13.9. The fraction of sp³-hybridized carbons (Fsp3) is 0.261. The number of benzene rings is 2. The lowest BCUT2D eigenvalue weighted by molar-refractivity contribution is -0.117. The van der Waals surface area contributed by atoms with Crippen molar-refractivity contribution in [3.05, 3.63) is 64.5 Å². The zero-order valence-corrected chi connectivity index (χ0v) is 17.5. The van der Waals surface area contributed by atoms with Gasteiger partial charge in [-0.3, -0.25) is 9.59 Å². The molecule has 3 aromatic rings. The topological polar surface area (TPSA) is 62.3 Å². The van der Waals surface area contributed by atoms with Gasteiger partial charge < -0.3 is 10.2 Å². The fourth-order valence-electron chi connectivity index (χ4n) is 3.92. The number of rotatable bonds is 4. The Labute approximate surface area is 174 Å². The first-order valence-corrected chi connectivity index (χ1v) is 10.5. The van der Waals surface area contributed by atoms with Gasteiger partial charge in [0.05, 0.1) is 12.1 Å². The van der Waals surface area contributed by atoms with Crippen LogP contribution < -0.4 is 10.2 Å². The van der Waals surface area contributed by atoms with Crippen LogP contribution in [-0.2, 0) is 22.4 Å². The number of hydrogen-bond acceptors (Lipinski definition) is 4. The number of aryl methyl sites for hydroxylation is 1. The number of fused-ring (bicyclic) bond motifs is 1. The summed E-state index contributed by atoms with van der Waals surface area (Å²) < 4.78 is 0. The molecule has 1 aromatic heterocycles. The van der Waals surface area contributed by atoms with Gasteiger partial charge in [0, 0.05) is 29.1 Å². The van der Waals surface area contributed by atoms with Gasteiger partial charge in [0.1, 0.15) is 0 Å². The first kappa shape index (κ1) is 19.3. The minimum absolute atomic E-state index is 0.0669. The number of carbonyl (C=O) groups excluding carboxylic acids is 2. The molecule has 0 saturated carbocycles. The van der Waals surface area contributed by atoms with Crippen LogP contribution in [0.15, 0.2) is 48.5 Å². The Balaban J connectivity index is 1.54. The summed E-state index contributed by atoms with van der Waals surface area (Å²) in [7, 11) is 0. The minimum Gasteiger partial charge on any atom is -0.309 e. The van der Waals surface area contributed by atoms with Crippen LogP contribution in [0.3, 0.4) is 0 Å². The van der Waals surface area contributed by atoms with E-state index in [1.807, 2.05) is 54.3 Å². The number of hydrogen-bond donors (Lipinski definition) is 1. The number of carbonyl (C=O) groups is 2. The normalized spacial score (nSPS) is 15.3. The minimum atomic E-state index is -0.0728. The van der Waals surface area contributed by atoms with Crippen LogP contribution in [0.5, 0.6) is 0 Å². The number of aromatic nitrogens is 1. The van der Waals surface area contributed by atoms with Crippen molar-refractivity contribution in [3.8, 4) is 11.3 Å². The van der Waals surface area contributed by atoms with E-state index in [1.54, 1.807) is 6.92 Å². The number of nitrogens with one attached hydrogen (secondary N) is 1. The Bertz CT molecular complexity index is 1070. The molecule has 0 saturated heterocycles. The Morgan fingerprint density at radius 2 is 1.97 bits per heavy atom. The van der Waals surface area contributed by atoms with Gasteiger partial charge in [-0.2, -0.15) is 0 Å². The van der Waals surface area contributed by atoms with E-state index in [2.05, 4.69) is 23.3 Å². The number of anilines is 2. The number of amides is 2. The molecule has 1 unspecified atom stereocenters. The molecule has 0 radical (unpaired) electrons. The Morgan fingerprint density at radius 3 is 2.69 bits per heavy atom. The molecule has 5 nitrogen and oxygen atoms in total. The summed E-state index contributed by atoms with van der Waals surface area (Å²) in [5.41, 5.74) is 5.01. The standard InChI is InChI=1S/C23H23N3O2S/c1-14-11-19-13-18(9-10-20(19)26(14)16(3)27)22-15(2)29-23(25-22)24-21(28)12-17-7-5-4-6-8-17/h4-10,13-14H,11-12H2,1-3H3,(H,24,25,28). The van der Waals surface area contributed by atoms with Gasteiger partial charge in [-0.25, -0.2) is 4.98 Å². The molecule has 2 aromatic carbocycles. The Morgan fingerprint density at radius 1 is 1.21 bits per heavy atom. The highest BCUT2D eigenvalue weighted by Crippen LogP contribution is 2.37. The van der Waals surface area contributed by atoms with Gasteiger partial charge in [-0.1, -0.05) is 36.4 Å². The Hall–Kier alpha value is -2.99. The van der Waals surface area contributed by atoms with Crippen molar-refractivity contribution in [1.29, 1.82) is 0 Å². The van der Waals surface area contributed by atoms with Gasteiger partial charge in [0.25, 0.3) is 0 Å². The maximum Gasteiger partial charge on any atom is 0.230 e. The average Bonchev–Trinajstić information content (AvgIpc) is 3.20. The van der Waals surface area contributed by atoms with Crippen molar-refractivity contribution in [3.63, 3.8) is 0 Å². The number of nitrogens with zero attached hydrogens (tertiary/aromatic N) is 2. The maximum absolute atomic E-state index is 12.3. The largest absolute Gasteiger partial charge is 0.309 e. The second kappa shape index (κ2) is 7.79. The number of thiazole rings is 1. The van der Waals surface area contributed by atoms with E-state index in [0.29, 0.717) is 11.6 Å². The van der Waals surface area contributed by atoms with E-state index in [9.17, 15) is 9.59 Å². The quantitative estimate of drug-likeness (QED) is 0.690. The summed E-state index contributed by atoms with van der Waals surface area (Å²) in [5, 5.41) is 3.53. The SMILES string of the molecule is CC(=O)N1c2ccc(-c3nc(NC(=O)Cc4ccccc4)sc3C)cc2CC1C. The smallest absolute Gasteiger partial charge is 0.230 e. The third-order valence-electron chi connectivity index (χ3n) is 5.16. The summed E-state index contributed by atoms with van der Waals surface area (Å²) in [6.07, 6.45) is 1.17. The van der Waals surface area contributed by atoms with Crippen molar-refractivity contribution in [2.45, 2.75) is 39.7 Å².